The third-order valence-electron chi connectivity index (χ3n) is 3.04. The standard InChI is InChI=1S/C15H20ClN5/c1-17-15(18-7-6-13-10-20-21(2)11-13)19-9-12-4-3-5-14(16)8-12/h3-5,8,10-11H,6-7,9H2,1-2H3,(H2,17,18,19). The molecule has 0 bridgehead atoms. The molecule has 1 aromatic heterocycles. The highest BCUT2D eigenvalue weighted by Gasteiger charge is 2.00. The lowest BCUT2D eigenvalue weighted by atomic mass is 10.2. The van der Waals surface area contributed by atoms with E-state index in [-0.39, 0.29) is 0 Å². The van der Waals surface area contributed by atoms with Crippen molar-refractivity contribution < 1.29 is 0 Å². The van der Waals surface area contributed by atoms with E-state index < -0.39 is 0 Å². The number of nitrogens with one attached hydrogen (secondary N) is 2. The van der Waals surface area contributed by atoms with Crippen molar-refractivity contribution in [3.8, 4) is 0 Å². The molecule has 0 saturated carbocycles. The summed E-state index contributed by atoms with van der Waals surface area (Å²) in [6.45, 7) is 1.49. The summed E-state index contributed by atoms with van der Waals surface area (Å²) in [5.41, 5.74) is 2.33. The maximum absolute atomic E-state index is 5.97. The first-order valence-corrected chi connectivity index (χ1v) is 7.21. The van der Waals surface area contributed by atoms with Crippen molar-refractivity contribution in [1.29, 1.82) is 0 Å². The lowest BCUT2D eigenvalue weighted by Gasteiger charge is -2.11. The summed E-state index contributed by atoms with van der Waals surface area (Å²) in [6.07, 6.45) is 4.80. The Hall–Kier alpha value is -2.01. The number of hydrogen-bond donors (Lipinski definition) is 2. The van der Waals surface area contributed by atoms with Crippen LogP contribution < -0.4 is 10.6 Å². The minimum atomic E-state index is 0.688. The van der Waals surface area contributed by atoms with Crippen molar-refractivity contribution in [3.63, 3.8) is 0 Å². The molecule has 0 radical (unpaired) electrons. The zero-order valence-corrected chi connectivity index (χ0v) is 13.1. The van der Waals surface area contributed by atoms with Gasteiger partial charge in [0.05, 0.1) is 6.20 Å². The first-order chi connectivity index (χ1) is 10.2. The molecule has 6 heteroatoms. The van der Waals surface area contributed by atoms with Crippen LogP contribution in [0.15, 0.2) is 41.7 Å². The molecule has 0 aliphatic rings. The number of nitrogens with zero attached hydrogens (tertiary/aromatic N) is 3. The van der Waals surface area contributed by atoms with E-state index in [2.05, 4.69) is 20.7 Å². The number of halogens is 1. The maximum atomic E-state index is 5.97. The van der Waals surface area contributed by atoms with Gasteiger partial charge in [-0.2, -0.15) is 5.10 Å². The van der Waals surface area contributed by atoms with Crippen molar-refractivity contribution in [2.45, 2.75) is 13.0 Å². The van der Waals surface area contributed by atoms with Gasteiger partial charge in [-0.25, -0.2) is 0 Å². The summed E-state index contributed by atoms with van der Waals surface area (Å²) in [5, 5.41) is 11.4. The molecule has 5 nitrogen and oxygen atoms in total. The molecule has 0 saturated heterocycles. The summed E-state index contributed by atoms with van der Waals surface area (Å²) < 4.78 is 1.81. The molecule has 0 atom stereocenters. The van der Waals surface area contributed by atoms with Crippen LogP contribution >= 0.6 is 11.6 Å². The van der Waals surface area contributed by atoms with Gasteiger partial charge in [0.25, 0.3) is 0 Å². The van der Waals surface area contributed by atoms with Gasteiger partial charge in [0, 0.05) is 38.4 Å². The van der Waals surface area contributed by atoms with Crippen molar-refractivity contribution in [3.05, 3.63) is 52.8 Å². The van der Waals surface area contributed by atoms with Crippen molar-refractivity contribution in [2.75, 3.05) is 13.6 Å². The van der Waals surface area contributed by atoms with Crippen LogP contribution in [0.2, 0.25) is 5.02 Å². The molecule has 2 aromatic rings. The fourth-order valence-electron chi connectivity index (χ4n) is 1.98. The number of benzene rings is 1. The molecule has 1 heterocycles. The van der Waals surface area contributed by atoms with E-state index in [1.165, 1.54) is 5.56 Å². The molecule has 0 unspecified atom stereocenters. The van der Waals surface area contributed by atoms with Crippen molar-refractivity contribution >= 4 is 17.6 Å². The number of guanidine groups is 1. The summed E-state index contributed by atoms with van der Waals surface area (Å²) in [5.74, 6) is 0.777. The predicted octanol–water partition coefficient (Wildman–Crippen LogP) is 1.98. The largest absolute Gasteiger partial charge is 0.356 e. The lowest BCUT2D eigenvalue weighted by Crippen LogP contribution is -2.37. The van der Waals surface area contributed by atoms with Gasteiger partial charge in [0.1, 0.15) is 0 Å². The summed E-state index contributed by atoms with van der Waals surface area (Å²) >= 11 is 5.97. The molecule has 2 rings (SSSR count). The summed E-state index contributed by atoms with van der Waals surface area (Å²) in [4.78, 5) is 4.20. The molecule has 1 aromatic carbocycles. The predicted molar refractivity (Wildman–Crippen MR) is 86.6 cm³/mol. The second-order valence-corrected chi connectivity index (χ2v) is 5.19. The monoisotopic (exact) mass is 305 g/mol. The zero-order chi connectivity index (χ0) is 15.1. The first kappa shape index (κ1) is 15.4. The Morgan fingerprint density at radius 1 is 1.33 bits per heavy atom. The number of rotatable bonds is 5. The highest BCUT2D eigenvalue weighted by Crippen LogP contribution is 2.10. The average molecular weight is 306 g/mol. The Bertz CT molecular complexity index is 606. The summed E-state index contributed by atoms with van der Waals surface area (Å²) in [7, 11) is 3.68. The second kappa shape index (κ2) is 7.69. The highest BCUT2D eigenvalue weighted by atomic mass is 35.5. The number of aryl methyl sites for hydroxylation is 1. The highest BCUT2D eigenvalue weighted by molar-refractivity contribution is 6.30. The first-order valence-electron chi connectivity index (χ1n) is 6.84. The van der Waals surface area contributed by atoms with E-state index in [1.807, 2.05) is 48.4 Å². The van der Waals surface area contributed by atoms with E-state index in [9.17, 15) is 0 Å². The second-order valence-electron chi connectivity index (χ2n) is 4.75. The van der Waals surface area contributed by atoms with Crippen LogP contribution in [-0.4, -0.2) is 29.3 Å². The van der Waals surface area contributed by atoms with E-state index in [0.717, 1.165) is 29.5 Å². The average Bonchev–Trinajstić information content (AvgIpc) is 2.88. The molecular weight excluding hydrogens is 286 g/mol. The van der Waals surface area contributed by atoms with Crippen molar-refractivity contribution in [1.82, 2.24) is 20.4 Å². The van der Waals surface area contributed by atoms with E-state index in [4.69, 9.17) is 11.6 Å². The molecule has 0 spiro atoms. The Morgan fingerprint density at radius 2 is 2.19 bits per heavy atom. The van der Waals surface area contributed by atoms with Gasteiger partial charge in [-0.1, -0.05) is 23.7 Å². The molecule has 0 fully saturated rings. The van der Waals surface area contributed by atoms with Crippen LogP contribution in [0, 0.1) is 0 Å². The Morgan fingerprint density at radius 3 is 2.86 bits per heavy atom. The third-order valence-corrected chi connectivity index (χ3v) is 3.27. The summed E-state index contributed by atoms with van der Waals surface area (Å²) in [6, 6.07) is 7.78. The van der Waals surface area contributed by atoms with Crippen LogP contribution in [0.5, 0.6) is 0 Å². The van der Waals surface area contributed by atoms with Gasteiger partial charge in [0.2, 0.25) is 0 Å². The third kappa shape index (κ3) is 5.11. The van der Waals surface area contributed by atoms with Crippen LogP contribution in [-0.2, 0) is 20.0 Å². The Balaban J connectivity index is 1.76. The van der Waals surface area contributed by atoms with E-state index >= 15 is 0 Å². The van der Waals surface area contributed by atoms with Crippen LogP contribution in [0.1, 0.15) is 11.1 Å². The van der Waals surface area contributed by atoms with Gasteiger partial charge in [0.15, 0.2) is 5.96 Å². The van der Waals surface area contributed by atoms with Gasteiger partial charge >= 0.3 is 0 Å². The molecule has 0 amide bonds. The lowest BCUT2D eigenvalue weighted by molar-refractivity contribution is 0.764. The zero-order valence-electron chi connectivity index (χ0n) is 12.3. The van der Waals surface area contributed by atoms with Crippen LogP contribution in [0.3, 0.4) is 0 Å². The fourth-order valence-corrected chi connectivity index (χ4v) is 2.19. The molecular formula is C15H20ClN5. The topological polar surface area (TPSA) is 54.2 Å². The SMILES string of the molecule is CN=C(NCCc1cnn(C)c1)NCc1cccc(Cl)c1. The molecule has 112 valence electrons. The van der Waals surface area contributed by atoms with E-state index in [1.54, 1.807) is 7.05 Å². The van der Waals surface area contributed by atoms with Gasteiger partial charge in [-0.05, 0) is 29.7 Å². The Kier molecular flexibility index (Phi) is 5.63. The normalized spacial score (nSPS) is 11.5. The number of aromatic nitrogens is 2. The molecule has 21 heavy (non-hydrogen) atoms. The fraction of sp³-hybridized carbons (Fsp3) is 0.333. The van der Waals surface area contributed by atoms with Gasteiger partial charge < -0.3 is 10.6 Å². The van der Waals surface area contributed by atoms with Gasteiger partial charge in [-0.15, -0.1) is 0 Å². The number of hydrogen-bond acceptors (Lipinski definition) is 2. The quantitative estimate of drug-likeness (QED) is 0.656. The van der Waals surface area contributed by atoms with Gasteiger partial charge in [-0.3, -0.25) is 9.67 Å². The Labute approximate surface area is 130 Å². The smallest absolute Gasteiger partial charge is 0.191 e. The molecule has 2 N–H and O–H groups in total. The van der Waals surface area contributed by atoms with E-state index in [0.29, 0.717) is 6.54 Å². The molecule has 0 aliphatic heterocycles. The minimum absolute atomic E-state index is 0.688. The van der Waals surface area contributed by atoms with Crippen LogP contribution in [0.25, 0.3) is 0 Å². The number of aliphatic imine (C=N–C) groups is 1. The van der Waals surface area contributed by atoms with Crippen molar-refractivity contribution in [2.24, 2.45) is 12.0 Å². The maximum Gasteiger partial charge on any atom is 0.191 e. The minimum Gasteiger partial charge on any atom is -0.356 e. The van der Waals surface area contributed by atoms with Crippen LogP contribution in [0.4, 0.5) is 0 Å². The molecule has 0 aliphatic carbocycles.